The average Bonchev–Trinajstić information content (AvgIpc) is 2.57. The summed E-state index contributed by atoms with van der Waals surface area (Å²) in [5.74, 6) is 1.64. The van der Waals surface area contributed by atoms with Gasteiger partial charge < -0.3 is 9.84 Å². The lowest BCUT2D eigenvalue weighted by Crippen LogP contribution is -1.99. The van der Waals surface area contributed by atoms with Gasteiger partial charge >= 0.3 is 0 Å². The van der Waals surface area contributed by atoms with E-state index in [9.17, 15) is 5.11 Å². The Bertz CT molecular complexity index is 590. The van der Waals surface area contributed by atoms with Crippen LogP contribution in [0.15, 0.2) is 42.5 Å². The van der Waals surface area contributed by atoms with Crippen molar-refractivity contribution in [3.63, 3.8) is 0 Å². The summed E-state index contributed by atoms with van der Waals surface area (Å²) in [7, 11) is 0. The maximum atomic E-state index is 10.3. The lowest BCUT2D eigenvalue weighted by molar-refractivity contribution is 0.405. The molecule has 0 radical (unpaired) electrons. The third kappa shape index (κ3) is 5.02. The van der Waals surface area contributed by atoms with Gasteiger partial charge in [-0.1, -0.05) is 63.8 Å². The molecule has 0 aliphatic carbocycles. The first-order valence-electron chi connectivity index (χ1n) is 8.82. The van der Waals surface area contributed by atoms with Crippen molar-refractivity contribution in [3.05, 3.63) is 53.6 Å². The smallest absolute Gasteiger partial charge is 0.172 e. The number of ether oxygens (including phenoxy) is 1. The monoisotopic (exact) mass is 312 g/mol. The van der Waals surface area contributed by atoms with Crippen molar-refractivity contribution in [2.75, 3.05) is 0 Å². The summed E-state index contributed by atoms with van der Waals surface area (Å²) in [6.07, 6.45) is 7.94. The predicted octanol–water partition coefficient (Wildman–Crippen LogP) is 6.26. The first-order chi connectivity index (χ1) is 11.3. The largest absolute Gasteiger partial charge is 0.504 e. The Hall–Kier alpha value is -1.96. The number of rotatable bonds is 9. The van der Waals surface area contributed by atoms with E-state index in [-0.39, 0.29) is 5.75 Å². The Labute approximate surface area is 140 Å². The second-order valence-corrected chi connectivity index (χ2v) is 6.03. The van der Waals surface area contributed by atoms with E-state index in [1.165, 1.54) is 30.4 Å². The van der Waals surface area contributed by atoms with Gasteiger partial charge in [-0.2, -0.15) is 0 Å². The van der Waals surface area contributed by atoms with Crippen molar-refractivity contribution < 1.29 is 9.84 Å². The molecule has 0 amide bonds. The number of para-hydroxylation sites is 1. The molecule has 0 bridgehead atoms. The Kier molecular flexibility index (Phi) is 6.99. The highest BCUT2D eigenvalue weighted by Crippen LogP contribution is 2.37. The number of unbranched alkanes of at least 4 members (excludes halogenated alkanes) is 3. The van der Waals surface area contributed by atoms with Crippen LogP contribution in [-0.2, 0) is 12.8 Å². The first kappa shape index (κ1) is 17.4. The predicted molar refractivity (Wildman–Crippen MR) is 96.5 cm³/mol. The zero-order chi connectivity index (χ0) is 16.5. The number of phenolic OH excluding ortho intramolecular Hbond substituents is 1. The van der Waals surface area contributed by atoms with Crippen LogP contribution in [0.5, 0.6) is 17.2 Å². The Morgan fingerprint density at radius 3 is 2.30 bits per heavy atom. The average molecular weight is 312 g/mol. The zero-order valence-electron chi connectivity index (χ0n) is 14.3. The maximum absolute atomic E-state index is 10.3. The molecule has 1 N–H and O–H groups in total. The van der Waals surface area contributed by atoms with Gasteiger partial charge in [0.05, 0.1) is 0 Å². The summed E-state index contributed by atoms with van der Waals surface area (Å²) < 4.78 is 6.03. The molecule has 0 unspecified atom stereocenters. The minimum Gasteiger partial charge on any atom is -0.504 e. The third-order valence-corrected chi connectivity index (χ3v) is 4.10. The van der Waals surface area contributed by atoms with E-state index in [1.54, 1.807) is 6.07 Å². The van der Waals surface area contributed by atoms with E-state index in [0.717, 1.165) is 31.4 Å². The van der Waals surface area contributed by atoms with Gasteiger partial charge in [-0.05, 0) is 43.0 Å². The summed E-state index contributed by atoms with van der Waals surface area (Å²) >= 11 is 0. The Balaban J connectivity index is 2.27. The molecule has 0 aliphatic heterocycles. The molecule has 2 heteroatoms. The van der Waals surface area contributed by atoms with E-state index in [4.69, 9.17) is 4.74 Å². The maximum Gasteiger partial charge on any atom is 0.172 e. The van der Waals surface area contributed by atoms with Gasteiger partial charge in [0, 0.05) is 5.56 Å². The molecule has 0 saturated heterocycles. The van der Waals surface area contributed by atoms with E-state index in [1.807, 2.05) is 36.4 Å². The fourth-order valence-electron chi connectivity index (χ4n) is 2.88. The third-order valence-electron chi connectivity index (χ3n) is 4.10. The molecular formula is C21H28O2. The van der Waals surface area contributed by atoms with Gasteiger partial charge in [0.2, 0.25) is 0 Å². The van der Waals surface area contributed by atoms with Crippen LogP contribution in [0.25, 0.3) is 0 Å². The topological polar surface area (TPSA) is 29.5 Å². The minimum atomic E-state index is 0.235. The second-order valence-electron chi connectivity index (χ2n) is 6.03. The second kappa shape index (κ2) is 9.24. The summed E-state index contributed by atoms with van der Waals surface area (Å²) in [4.78, 5) is 0. The number of hydrogen-bond acceptors (Lipinski definition) is 2. The van der Waals surface area contributed by atoms with Crippen LogP contribution in [0.3, 0.4) is 0 Å². The molecule has 124 valence electrons. The van der Waals surface area contributed by atoms with Crippen molar-refractivity contribution in [2.45, 2.75) is 58.8 Å². The van der Waals surface area contributed by atoms with Crippen LogP contribution in [0.4, 0.5) is 0 Å². The van der Waals surface area contributed by atoms with Gasteiger partial charge in [0.1, 0.15) is 5.75 Å². The lowest BCUT2D eigenvalue weighted by Gasteiger charge is -2.17. The number of phenols is 1. The quantitative estimate of drug-likeness (QED) is 0.554. The number of benzene rings is 2. The molecule has 0 spiro atoms. The van der Waals surface area contributed by atoms with Gasteiger partial charge in [-0.3, -0.25) is 0 Å². The molecular weight excluding hydrogens is 284 g/mol. The van der Waals surface area contributed by atoms with Crippen LogP contribution in [0.1, 0.15) is 57.1 Å². The molecule has 23 heavy (non-hydrogen) atoms. The van der Waals surface area contributed by atoms with Crippen LogP contribution in [-0.4, -0.2) is 5.11 Å². The number of hydrogen-bond donors (Lipinski definition) is 1. The van der Waals surface area contributed by atoms with E-state index in [2.05, 4.69) is 13.8 Å². The van der Waals surface area contributed by atoms with Gasteiger partial charge in [-0.15, -0.1) is 0 Å². The molecule has 2 nitrogen and oxygen atoms in total. The molecule has 2 aromatic carbocycles. The van der Waals surface area contributed by atoms with Crippen LogP contribution in [0, 0.1) is 0 Å². The van der Waals surface area contributed by atoms with Crippen molar-refractivity contribution >= 4 is 0 Å². The zero-order valence-corrected chi connectivity index (χ0v) is 14.3. The van der Waals surface area contributed by atoms with E-state index < -0.39 is 0 Å². The number of aryl methyl sites for hydroxylation is 1. The SMILES string of the molecule is CCCCCCc1c(CCC)ccc(O)c1Oc1ccccc1. The molecule has 0 atom stereocenters. The first-order valence-corrected chi connectivity index (χ1v) is 8.82. The standard InChI is InChI=1S/C21H28O2/c1-3-5-6-10-14-19-17(11-4-2)15-16-20(22)21(19)23-18-12-8-7-9-13-18/h7-9,12-13,15-16,22H,3-6,10-11,14H2,1-2H3. The molecule has 0 aliphatic rings. The number of aromatic hydroxyl groups is 1. The van der Waals surface area contributed by atoms with E-state index >= 15 is 0 Å². The Morgan fingerprint density at radius 2 is 1.61 bits per heavy atom. The summed E-state index contributed by atoms with van der Waals surface area (Å²) in [5, 5.41) is 10.3. The fraction of sp³-hybridized carbons (Fsp3) is 0.429. The van der Waals surface area contributed by atoms with Crippen LogP contribution < -0.4 is 4.74 Å². The minimum absolute atomic E-state index is 0.235. The summed E-state index contributed by atoms with van der Waals surface area (Å²) in [6, 6.07) is 13.5. The van der Waals surface area contributed by atoms with Crippen LogP contribution >= 0.6 is 0 Å². The Morgan fingerprint density at radius 1 is 0.826 bits per heavy atom. The molecule has 0 saturated carbocycles. The lowest BCUT2D eigenvalue weighted by atomic mass is 9.96. The highest BCUT2D eigenvalue weighted by atomic mass is 16.5. The molecule has 0 heterocycles. The van der Waals surface area contributed by atoms with Crippen molar-refractivity contribution in [1.29, 1.82) is 0 Å². The van der Waals surface area contributed by atoms with Crippen molar-refractivity contribution in [3.8, 4) is 17.2 Å². The fourth-order valence-corrected chi connectivity index (χ4v) is 2.88. The molecule has 0 aromatic heterocycles. The summed E-state index contributed by atoms with van der Waals surface area (Å²) in [5.41, 5.74) is 2.47. The van der Waals surface area contributed by atoms with Crippen molar-refractivity contribution in [1.82, 2.24) is 0 Å². The normalized spacial score (nSPS) is 10.7. The van der Waals surface area contributed by atoms with Gasteiger partial charge in [0.25, 0.3) is 0 Å². The molecule has 2 aromatic rings. The van der Waals surface area contributed by atoms with E-state index in [0.29, 0.717) is 5.75 Å². The molecule has 2 rings (SSSR count). The van der Waals surface area contributed by atoms with Gasteiger partial charge in [0.15, 0.2) is 11.5 Å². The van der Waals surface area contributed by atoms with Crippen molar-refractivity contribution in [2.24, 2.45) is 0 Å². The summed E-state index contributed by atoms with van der Waals surface area (Å²) in [6.45, 7) is 4.41. The molecule has 0 fully saturated rings. The van der Waals surface area contributed by atoms with Crippen LogP contribution in [0.2, 0.25) is 0 Å². The highest BCUT2D eigenvalue weighted by molar-refractivity contribution is 5.52. The highest BCUT2D eigenvalue weighted by Gasteiger charge is 2.15. The van der Waals surface area contributed by atoms with Gasteiger partial charge in [-0.25, -0.2) is 0 Å².